The van der Waals surface area contributed by atoms with Crippen LogP contribution in [0.15, 0.2) is 80.6 Å². The topological polar surface area (TPSA) is 70.5 Å². The van der Waals surface area contributed by atoms with Crippen molar-refractivity contribution in [1.29, 1.82) is 0 Å². The Balaban J connectivity index is 0.00000225. The minimum atomic E-state index is -0.414. The van der Waals surface area contributed by atoms with Gasteiger partial charge in [0.25, 0.3) is 5.56 Å². The van der Waals surface area contributed by atoms with Crippen molar-refractivity contribution in [2.24, 2.45) is 9.98 Å². The van der Waals surface area contributed by atoms with E-state index in [0.29, 0.717) is 0 Å². The van der Waals surface area contributed by atoms with Gasteiger partial charge < -0.3 is 17.6 Å². The molecular weight excluding hydrogens is 359 g/mol. The van der Waals surface area contributed by atoms with Gasteiger partial charge in [0.2, 0.25) is 0 Å². The first-order chi connectivity index (χ1) is 11.7. The molecule has 0 saturated carbocycles. The summed E-state index contributed by atoms with van der Waals surface area (Å²) in [6, 6.07) is 19.0. The van der Waals surface area contributed by atoms with E-state index in [1.807, 2.05) is 60.7 Å². The van der Waals surface area contributed by atoms with E-state index in [1.54, 1.807) is 12.4 Å². The summed E-state index contributed by atoms with van der Waals surface area (Å²) < 4.78 is 0. The molecule has 7 heteroatoms. The van der Waals surface area contributed by atoms with Gasteiger partial charge >= 0.3 is 51.4 Å². The van der Waals surface area contributed by atoms with Gasteiger partial charge in [-0.15, -0.1) is 0 Å². The smallest absolute Gasteiger partial charge is 0.742 e. The summed E-state index contributed by atoms with van der Waals surface area (Å²) in [6.07, 6.45) is 3.22. The molecule has 0 fully saturated rings. The molecule has 1 heterocycles. The van der Waals surface area contributed by atoms with Gasteiger partial charge in [0.1, 0.15) is 0 Å². The summed E-state index contributed by atoms with van der Waals surface area (Å²) in [5.41, 5.74) is 1.47. The first-order valence-corrected chi connectivity index (χ1v) is 7.63. The Bertz CT molecular complexity index is 940. The molecule has 2 aromatic carbocycles. The van der Waals surface area contributed by atoms with Gasteiger partial charge in [-0.25, -0.2) is 15.0 Å². The molecule has 5 nitrogen and oxygen atoms in total. The Hall–Kier alpha value is -1.48. The fourth-order valence-electron chi connectivity index (χ4n) is 1.99. The third kappa shape index (κ3) is 5.77. The van der Waals surface area contributed by atoms with Crippen LogP contribution in [0, 0.1) is 0 Å². The molecule has 1 N–H and O–H groups in total. The quantitative estimate of drug-likeness (QED) is 0.307. The molecule has 1 aromatic heterocycles. The number of H-pyrrole nitrogens is 1. The van der Waals surface area contributed by atoms with Crippen LogP contribution in [-0.4, -0.2) is 22.4 Å². The van der Waals surface area contributed by atoms with E-state index in [9.17, 15) is 4.79 Å². The normalized spacial score (nSPS) is 10.9. The maximum Gasteiger partial charge on any atom is 1.00 e. The summed E-state index contributed by atoms with van der Waals surface area (Å²) in [4.78, 5) is 27.2. The number of aromatic amines is 1. The molecule has 0 spiro atoms. The Morgan fingerprint density at radius 2 is 1.40 bits per heavy atom. The van der Waals surface area contributed by atoms with Crippen LogP contribution in [0.1, 0.15) is 11.1 Å². The van der Waals surface area contributed by atoms with Crippen LogP contribution < -0.4 is 56.9 Å². The van der Waals surface area contributed by atoms with Crippen LogP contribution in [0.5, 0.6) is 0 Å². The summed E-state index contributed by atoms with van der Waals surface area (Å²) in [6.45, 7) is 0. The molecule has 0 unspecified atom stereocenters. The first-order valence-electron chi connectivity index (χ1n) is 7.22. The van der Waals surface area contributed by atoms with Gasteiger partial charge in [0.05, 0.1) is 0 Å². The van der Waals surface area contributed by atoms with Crippen LogP contribution in [0.25, 0.3) is 0 Å². The van der Waals surface area contributed by atoms with E-state index in [0.717, 1.165) is 11.1 Å². The van der Waals surface area contributed by atoms with Crippen molar-refractivity contribution in [2.75, 3.05) is 0 Å². The molecule has 3 aromatic rings. The third-order valence-electron chi connectivity index (χ3n) is 3.13. The third-order valence-corrected chi connectivity index (χ3v) is 3.33. The van der Waals surface area contributed by atoms with E-state index >= 15 is 0 Å². The Morgan fingerprint density at radius 1 is 0.880 bits per heavy atom. The molecule has 3 rings (SSSR count). The van der Waals surface area contributed by atoms with Gasteiger partial charge in [0, 0.05) is 12.4 Å². The minimum Gasteiger partial charge on any atom is -0.742 e. The van der Waals surface area contributed by atoms with E-state index in [2.05, 4.69) is 20.0 Å². The minimum absolute atomic E-state index is 0. The molecule has 118 valence electrons. The van der Waals surface area contributed by atoms with Crippen molar-refractivity contribution in [3.05, 3.63) is 82.1 Å². The fraction of sp³-hybridized carbons (Fsp3) is 0. The number of hydrogen-bond acceptors (Lipinski definition) is 5. The SMILES string of the molecule is O=c1[nH]c([S-])nc(/N=C/c2ccccc2)c1N=Cc1ccccc1.[K+]. The van der Waals surface area contributed by atoms with Crippen molar-refractivity contribution in [3.63, 3.8) is 0 Å². The first kappa shape index (κ1) is 19.8. The van der Waals surface area contributed by atoms with E-state index in [4.69, 9.17) is 12.6 Å². The van der Waals surface area contributed by atoms with Crippen LogP contribution in [0.2, 0.25) is 0 Å². The number of nitrogens with one attached hydrogen (secondary N) is 1. The van der Waals surface area contributed by atoms with Crippen LogP contribution >= 0.6 is 0 Å². The van der Waals surface area contributed by atoms with Gasteiger partial charge in [0.15, 0.2) is 11.5 Å². The zero-order valence-electron chi connectivity index (χ0n) is 13.6. The average molecular weight is 372 g/mol. The Kier molecular flexibility index (Phi) is 7.82. The van der Waals surface area contributed by atoms with Gasteiger partial charge in [-0.3, -0.25) is 4.79 Å². The van der Waals surface area contributed by atoms with Gasteiger partial charge in [-0.1, -0.05) is 60.7 Å². The maximum atomic E-state index is 12.1. The Morgan fingerprint density at radius 3 is 1.96 bits per heavy atom. The van der Waals surface area contributed by atoms with Crippen LogP contribution in [0.3, 0.4) is 0 Å². The number of aliphatic imine (C=N–C) groups is 2. The second kappa shape index (κ2) is 9.86. The van der Waals surface area contributed by atoms with Crippen LogP contribution in [0.4, 0.5) is 11.5 Å². The molecule has 0 saturated heterocycles. The molecule has 0 aliphatic rings. The number of nitrogens with zero attached hydrogens (tertiary/aromatic N) is 3. The number of benzene rings is 2. The van der Waals surface area contributed by atoms with Crippen molar-refractivity contribution in [3.8, 4) is 0 Å². The Labute approximate surface area is 193 Å². The number of hydrogen-bond donors (Lipinski definition) is 1. The predicted octanol–water partition coefficient (Wildman–Crippen LogP) is 0.181. The molecule has 0 atom stereocenters. The van der Waals surface area contributed by atoms with Crippen molar-refractivity contribution in [1.82, 2.24) is 9.97 Å². The number of rotatable bonds is 4. The largest absolute Gasteiger partial charge is 1.00 e. The van der Waals surface area contributed by atoms with E-state index in [-0.39, 0.29) is 68.0 Å². The molecule has 0 aliphatic heterocycles. The predicted molar refractivity (Wildman–Crippen MR) is 97.9 cm³/mol. The molecule has 0 bridgehead atoms. The van der Waals surface area contributed by atoms with E-state index < -0.39 is 5.56 Å². The van der Waals surface area contributed by atoms with Crippen molar-refractivity contribution in [2.45, 2.75) is 5.16 Å². The summed E-state index contributed by atoms with van der Waals surface area (Å²) in [7, 11) is 0. The van der Waals surface area contributed by atoms with Crippen molar-refractivity contribution < 1.29 is 51.4 Å². The summed E-state index contributed by atoms with van der Waals surface area (Å²) in [5, 5.41) is 0.0823. The van der Waals surface area contributed by atoms with E-state index in [1.165, 1.54) is 0 Å². The zero-order chi connectivity index (χ0) is 16.8. The second-order valence-corrected chi connectivity index (χ2v) is 5.27. The van der Waals surface area contributed by atoms with Gasteiger partial charge in [-0.05, 0) is 16.3 Å². The second-order valence-electron chi connectivity index (χ2n) is 4.88. The molecular formula is C18H13KN4OS. The maximum absolute atomic E-state index is 12.1. The number of aromatic nitrogens is 2. The molecule has 0 amide bonds. The van der Waals surface area contributed by atoms with Gasteiger partial charge in [-0.2, -0.15) is 0 Å². The molecule has 25 heavy (non-hydrogen) atoms. The standard InChI is InChI=1S/C18H14N4OS.K/c23-17-15(19-11-13-7-3-1-4-8-13)16(21-18(24)22-17)20-12-14-9-5-2-6-10-14;/h1-12H,(H2,21,22,23,24);/q;+1/p-1/b19-11?,20-12+;. The fourth-order valence-corrected chi connectivity index (χ4v) is 2.17. The monoisotopic (exact) mass is 372 g/mol. The molecule has 0 radical (unpaired) electrons. The zero-order valence-corrected chi connectivity index (χ0v) is 17.5. The van der Waals surface area contributed by atoms with Crippen molar-refractivity contribution >= 4 is 36.6 Å². The summed E-state index contributed by atoms with van der Waals surface area (Å²) >= 11 is 4.96. The van der Waals surface area contributed by atoms with Crippen LogP contribution in [-0.2, 0) is 12.6 Å². The molecule has 0 aliphatic carbocycles. The summed E-state index contributed by atoms with van der Waals surface area (Å²) in [5.74, 6) is 0.194. The average Bonchev–Trinajstić information content (AvgIpc) is 2.61.